The van der Waals surface area contributed by atoms with Gasteiger partial charge in [0.15, 0.2) is 0 Å². The van der Waals surface area contributed by atoms with Gasteiger partial charge in [-0.15, -0.1) is 0 Å². The lowest BCUT2D eigenvalue weighted by Crippen LogP contribution is -2.30. The van der Waals surface area contributed by atoms with Gasteiger partial charge in [-0.05, 0) is 25.0 Å². The first-order valence-electron chi connectivity index (χ1n) is 6.38. The Morgan fingerprint density at radius 1 is 1.47 bits per heavy atom. The van der Waals surface area contributed by atoms with Crippen molar-refractivity contribution in [3.05, 3.63) is 52.0 Å². The molecule has 4 nitrogen and oxygen atoms in total. The molecular formula is C14H19BrN4. The van der Waals surface area contributed by atoms with Crippen LogP contribution in [0.5, 0.6) is 0 Å². The van der Waals surface area contributed by atoms with Crippen molar-refractivity contribution in [2.45, 2.75) is 32.9 Å². The summed E-state index contributed by atoms with van der Waals surface area (Å²) in [6.45, 7) is 5.11. The SMILES string of the molecule is CCn1ccnc1CC(NN)c1cccc(C)c1Br. The number of imidazole rings is 1. The van der Waals surface area contributed by atoms with Gasteiger partial charge in [-0.3, -0.25) is 11.3 Å². The molecule has 3 N–H and O–H groups in total. The Morgan fingerprint density at radius 3 is 2.95 bits per heavy atom. The molecule has 0 aliphatic heterocycles. The Morgan fingerprint density at radius 2 is 2.26 bits per heavy atom. The highest BCUT2D eigenvalue weighted by atomic mass is 79.9. The highest BCUT2D eigenvalue weighted by Crippen LogP contribution is 2.28. The van der Waals surface area contributed by atoms with E-state index in [9.17, 15) is 0 Å². The van der Waals surface area contributed by atoms with Gasteiger partial charge in [0, 0.05) is 29.8 Å². The molecule has 2 rings (SSSR count). The van der Waals surface area contributed by atoms with E-state index in [1.54, 1.807) is 0 Å². The number of nitrogens with one attached hydrogen (secondary N) is 1. The Kier molecular flexibility index (Phi) is 4.74. The van der Waals surface area contributed by atoms with Gasteiger partial charge in [-0.25, -0.2) is 4.98 Å². The van der Waals surface area contributed by atoms with E-state index < -0.39 is 0 Å². The molecule has 102 valence electrons. The lowest BCUT2D eigenvalue weighted by atomic mass is 10.0. The summed E-state index contributed by atoms with van der Waals surface area (Å²) in [7, 11) is 0. The third-order valence-corrected chi connectivity index (χ3v) is 4.41. The number of hydrogen-bond acceptors (Lipinski definition) is 3. The first-order chi connectivity index (χ1) is 9.17. The van der Waals surface area contributed by atoms with Crippen molar-refractivity contribution in [3.63, 3.8) is 0 Å². The quantitative estimate of drug-likeness (QED) is 0.657. The summed E-state index contributed by atoms with van der Waals surface area (Å²) in [5.74, 6) is 6.76. The molecule has 0 saturated carbocycles. The van der Waals surface area contributed by atoms with Crippen LogP contribution in [0.1, 0.15) is 29.9 Å². The van der Waals surface area contributed by atoms with Gasteiger partial charge in [0.05, 0.1) is 6.04 Å². The molecule has 0 saturated heterocycles. The van der Waals surface area contributed by atoms with Gasteiger partial charge < -0.3 is 4.57 Å². The number of halogens is 1. The lowest BCUT2D eigenvalue weighted by molar-refractivity contribution is 0.521. The van der Waals surface area contributed by atoms with E-state index in [4.69, 9.17) is 5.84 Å². The van der Waals surface area contributed by atoms with Crippen LogP contribution < -0.4 is 11.3 Å². The second-order valence-corrected chi connectivity index (χ2v) is 5.32. The molecule has 2 aromatic rings. The molecule has 1 unspecified atom stereocenters. The fourth-order valence-corrected chi connectivity index (χ4v) is 2.74. The molecule has 0 aliphatic carbocycles. The van der Waals surface area contributed by atoms with Crippen molar-refractivity contribution in [3.8, 4) is 0 Å². The summed E-state index contributed by atoms with van der Waals surface area (Å²) >= 11 is 3.64. The number of rotatable bonds is 5. The topological polar surface area (TPSA) is 55.9 Å². The maximum absolute atomic E-state index is 5.72. The zero-order valence-corrected chi connectivity index (χ0v) is 12.8. The van der Waals surface area contributed by atoms with Crippen LogP contribution in [-0.2, 0) is 13.0 Å². The summed E-state index contributed by atoms with van der Waals surface area (Å²) in [6.07, 6.45) is 4.59. The molecule has 0 radical (unpaired) electrons. The number of nitrogens with zero attached hydrogens (tertiary/aromatic N) is 2. The number of hydrogen-bond donors (Lipinski definition) is 2. The smallest absolute Gasteiger partial charge is 0.110 e. The van der Waals surface area contributed by atoms with Crippen LogP contribution in [0.3, 0.4) is 0 Å². The van der Waals surface area contributed by atoms with Crippen LogP contribution in [0.4, 0.5) is 0 Å². The summed E-state index contributed by atoms with van der Waals surface area (Å²) in [5, 5.41) is 0. The Balaban J connectivity index is 2.28. The standard InChI is InChI=1S/C14H19BrN4/c1-3-19-8-7-17-13(19)9-12(18-16)11-6-4-5-10(2)14(11)15/h4-8,12,18H,3,9,16H2,1-2H3. The van der Waals surface area contributed by atoms with Crippen molar-refractivity contribution in [1.29, 1.82) is 0 Å². The molecule has 1 aromatic carbocycles. The van der Waals surface area contributed by atoms with E-state index in [0.29, 0.717) is 0 Å². The second kappa shape index (κ2) is 6.32. The summed E-state index contributed by atoms with van der Waals surface area (Å²) < 4.78 is 3.24. The second-order valence-electron chi connectivity index (χ2n) is 4.53. The van der Waals surface area contributed by atoms with E-state index in [1.165, 1.54) is 5.56 Å². The normalized spacial score (nSPS) is 12.6. The summed E-state index contributed by atoms with van der Waals surface area (Å²) in [5.41, 5.74) is 5.26. The Hall–Kier alpha value is -1.17. The average molecular weight is 323 g/mol. The monoisotopic (exact) mass is 322 g/mol. The van der Waals surface area contributed by atoms with Gasteiger partial charge in [-0.2, -0.15) is 0 Å². The van der Waals surface area contributed by atoms with Gasteiger partial charge >= 0.3 is 0 Å². The molecule has 0 bridgehead atoms. The number of hydrazine groups is 1. The highest BCUT2D eigenvalue weighted by molar-refractivity contribution is 9.10. The first kappa shape index (κ1) is 14.2. The zero-order valence-electron chi connectivity index (χ0n) is 11.2. The minimum absolute atomic E-state index is 0.0435. The molecule has 0 aliphatic rings. The maximum Gasteiger partial charge on any atom is 0.110 e. The van der Waals surface area contributed by atoms with Crippen LogP contribution in [0.25, 0.3) is 0 Å². The molecule has 0 spiro atoms. The van der Waals surface area contributed by atoms with Gasteiger partial charge in [0.2, 0.25) is 0 Å². The maximum atomic E-state index is 5.72. The zero-order chi connectivity index (χ0) is 13.8. The number of benzene rings is 1. The van der Waals surface area contributed by atoms with Crippen LogP contribution in [-0.4, -0.2) is 9.55 Å². The summed E-state index contributed by atoms with van der Waals surface area (Å²) in [4.78, 5) is 4.40. The third-order valence-electron chi connectivity index (χ3n) is 3.33. The molecule has 0 amide bonds. The molecule has 19 heavy (non-hydrogen) atoms. The molecule has 5 heteroatoms. The van der Waals surface area contributed by atoms with Crippen molar-refractivity contribution in [1.82, 2.24) is 15.0 Å². The molecule has 1 atom stereocenters. The fraction of sp³-hybridized carbons (Fsp3) is 0.357. The molecule has 1 aromatic heterocycles. The predicted molar refractivity (Wildman–Crippen MR) is 80.5 cm³/mol. The fourth-order valence-electron chi connectivity index (χ4n) is 2.20. The molecule has 1 heterocycles. The van der Waals surface area contributed by atoms with Crippen molar-refractivity contribution in [2.24, 2.45) is 5.84 Å². The highest BCUT2D eigenvalue weighted by Gasteiger charge is 2.16. The summed E-state index contributed by atoms with van der Waals surface area (Å²) in [6, 6.07) is 6.25. The lowest BCUT2D eigenvalue weighted by Gasteiger charge is -2.19. The van der Waals surface area contributed by atoms with E-state index in [-0.39, 0.29) is 6.04 Å². The third kappa shape index (κ3) is 3.05. The number of aryl methyl sites for hydroxylation is 2. The Bertz CT molecular complexity index is 550. The number of nitrogens with two attached hydrogens (primary N) is 1. The molecule has 0 fully saturated rings. The Labute approximate surface area is 122 Å². The minimum Gasteiger partial charge on any atom is -0.335 e. The van der Waals surface area contributed by atoms with Gasteiger partial charge in [0.25, 0.3) is 0 Å². The average Bonchev–Trinajstić information content (AvgIpc) is 2.87. The first-order valence-corrected chi connectivity index (χ1v) is 7.17. The van der Waals surface area contributed by atoms with Gasteiger partial charge in [-0.1, -0.05) is 34.1 Å². The largest absolute Gasteiger partial charge is 0.335 e. The van der Waals surface area contributed by atoms with E-state index in [2.05, 4.69) is 56.9 Å². The van der Waals surface area contributed by atoms with Gasteiger partial charge in [0.1, 0.15) is 5.82 Å². The van der Waals surface area contributed by atoms with Crippen molar-refractivity contribution in [2.75, 3.05) is 0 Å². The number of aromatic nitrogens is 2. The predicted octanol–water partition coefficient (Wildman–Crippen LogP) is 2.72. The van der Waals surface area contributed by atoms with Crippen molar-refractivity contribution < 1.29 is 0 Å². The minimum atomic E-state index is 0.0435. The van der Waals surface area contributed by atoms with Crippen LogP contribution >= 0.6 is 15.9 Å². The van der Waals surface area contributed by atoms with E-state index in [1.807, 2.05) is 18.5 Å². The van der Waals surface area contributed by atoms with E-state index >= 15 is 0 Å². The van der Waals surface area contributed by atoms with Crippen LogP contribution in [0.15, 0.2) is 35.1 Å². The van der Waals surface area contributed by atoms with Crippen LogP contribution in [0, 0.1) is 6.92 Å². The van der Waals surface area contributed by atoms with Crippen LogP contribution in [0.2, 0.25) is 0 Å². The molecular weight excluding hydrogens is 304 g/mol. The van der Waals surface area contributed by atoms with E-state index in [0.717, 1.165) is 28.8 Å². The van der Waals surface area contributed by atoms with Crippen molar-refractivity contribution >= 4 is 15.9 Å².